The first-order valence-corrected chi connectivity index (χ1v) is 9.35. The standard InChI is InChI=1S/C20H27N5O.ClH/c1-14-11-23(2)18-6-4-5-7-19(18)25(12-14)20(26)17-10-21-9-16(17)15-8-22-24(3)13-15;/h4-8,13-14,16-17,21H,9-12H2,1-3H3;1H/t14?,16-,17+;/m1./s1. The van der Waals surface area contributed by atoms with Crippen LogP contribution in [0.3, 0.4) is 0 Å². The zero-order valence-corrected chi connectivity index (χ0v) is 16.9. The van der Waals surface area contributed by atoms with E-state index in [-0.39, 0.29) is 30.2 Å². The van der Waals surface area contributed by atoms with Crippen molar-refractivity contribution in [2.75, 3.05) is 43.0 Å². The molecular weight excluding hydrogens is 362 g/mol. The summed E-state index contributed by atoms with van der Waals surface area (Å²) in [5, 5.41) is 7.71. The first-order valence-electron chi connectivity index (χ1n) is 9.35. The molecule has 0 spiro atoms. The summed E-state index contributed by atoms with van der Waals surface area (Å²) in [6.07, 6.45) is 3.93. The van der Waals surface area contributed by atoms with Crippen molar-refractivity contribution in [1.29, 1.82) is 0 Å². The van der Waals surface area contributed by atoms with Crippen molar-refractivity contribution in [1.82, 2.24) is 15.1 Å². The Morgan fingerprint density at radius 1 is 1.15 bits per heavy atom. The van der Waals surface area contributed by atoms with Crippen LogP contribution in [0.5, 0.6) is 0 Å². The first kappa shape index (κ1) is 19.7. The highest BCUT2D eigenvalue weighted by Crippen LogP contribution is 2.36. The molecule has 0 radical (unpaired) electrons. The number of hydrogen-bond donors (Lipinski definition) is 1. The molecule has 2 aliphatic heterocycles. The molecule has 0 aliphatic carbocycles. The number of anilines is 2. The Labute approximate surface area is 166 Å². The van der Waals surface area contributed by atoms with Gasteiger partial charge in [-0.25, -0.2) is 0 Å². The summed E-state index contributed by atoms with van der Waals surface area (Å²) in [5.74, 6) is 0.767. The van der Waals surface area contributed by atoms with Crippen molar-refractivity contribution < 1.29 is 4.79 Å². The maximum Gasteiger partial charge on any atom is 0.232 e. The minimum Gasteiger partial charge on any atom is -0.373 e. The Morgan fingerprint density at radius 3 is 2.59 bits per heavy atom. The van der Waals surface area contributed by atoms with Gasteiger partial charge in [-0.05, 0) is 23.6 Å². The lowest BCUT2D eigenvalue weighted by Crippen LogP contribution is -2.41. The van der Waals surface area contributed by atoms with E-state index < -0.39 is 0 Å². The van der Waals surface area contributed by atoms with Gasteiger partial charge in [-0.1, -0.05) is 19.1 Å². The molecule has 3 heterocycles. The van der Waals surface area contributed by atoms with Gasteiger partial charge in [0.25, 0.3) is 0 Å². The zero-order chi connectivity index (χ0) is 18.3. The number of carbonyl (C=O) groups is 1. The highest BCUT2D eigenvalue weighted by Gasteiger charge is 2.39. The summed E-state index contributed by atoms with van der Waals surface area (Å²) in [7, 11) is 4.03. The predicted molar refractivity (Wildman–Crippen MR) is 111 cm³/mol. The molecule has 1 unspecified atom stereocenters. The molecule has 7 heteroatoms. The number of nitrogens with one attached hydrogen (secondary N) is 1. The molecule has 0 saturated carbocycles. The normalized spacial score (nSPS) is 24.9. The summed E-state index contributed by atoms with van der Waals surface area (Å²) in [6.45, 7) is 5.48. The fourth-order valence-corrected chi connectivity index (χ4v) is 4.38. The van der Waals surface area contributed by atoms with E-state index in [1.165, 1.54) is 0 Å². The van der Waals surface area contributed by atoms with Crippen LogP contribution in [0.15, 0.2) is 36.7 Å². The maximum atomic E-state index is 13.6. The average molecular weight is 390 g/mol. The van der Waals surface area contributed by atoms with E-state index in [2.05, 4.69) is 41.4 Å². The van der Waals surface area contributed by atoms with Crippen LogP contribution < -0.4 is 15.1 Å². The quantitative estimate of drug-likeness (QED) is 0.856. The Balaban J connectivity index is 0.00000210. The lowest BCUT2D eigenvalue weighted by molar-refractivity contribution is -0.122. The van der Waals surface area contributed by atoms with Gasteiger partial charge in [-0.3, -0.25) is 9.48 Å². The number of para-hydroxylation sites is 2. The lowest BCUT2D eigenvalue weighted by Gasteiger charge is -2.29. The second-order valence-electron chi connectivity index (χ2n) is 7.74. The number of amides is 1. The Bertz CT molecular complexity index is 807. The van der Waals surface area contributed by atoms with Gasteiger partial charge in [0.2, 0.25) is 5.91 Å². The SMILES string of the molecule is CC1CN(C)c2ccccc2N(C(=O)[C@H]2CNC[C@@H]2c2cnn(C)c2)C1.Cl. The molecule has 1 aromatic heterocycles. The topological polar surface area (TPSA) is 53.4 Å². The molecule has 1 N–H and O–H groups in total. The number of fused-ring (bicyclic) bond motifs is 1. The van der Waals surface area contributed by atoms with Crippen LogP contribution in [-0.2, 0) is 11.8 Å². The largest absolute Gasteiger partial charge is 0.373 e. The Kier molecular flexibility index (Phi) is 5.77. The van der Waals surface area contributed by atoms with E-state index in [1.807, 2.05) is 41.2 Å². The van der Waals surface area contributed by atoms with Gasteiger partial charge in [-0.2, -0.15) is 5.10 Å². The van der Waals surface area contributed by atoms with Gasteiger partial charge in [0, 0.05) is 52.4 Å². The molecule has 146 valence electrons. The van der Waals surface area contributed by atoms with Crippen LogP contribution in [0.25, 0.3) is 0 Å². The number of carbonyl (C=O) groups excluding carboxylic acids is 1. The first-order chi connectivity index (χ1) is 12.5. The number of halogens is 1. The third-order valence-electron chi connectivity index (χ3n) is 5.61. The highest BCUT2D eigenvalue weighted by molar-refractivity contribution is 5.99. The molecule has 4 rings (SSSR count). The van der Waals surface area contributed by atoms with E-state index in [9.17, 15) is 4.79 Å². The van der Waals surface area contributed by atoms with Crippen molar-refractivity contribution in [2.45, 2.75) is 12.8 Å². The molecule has 3 atom stereocenters. The predicted octanol–water partition coefficient (Wildman–Crippen LogP) is 2.26. The number of rotatable bonds is 2. The average Bonchev–Trinajstić information content (AvgIpc) is 3.25. The minimum atomic E-state index is -0.0529. The van der Waals surface area contributed by atoms with E-state index in [0.717, 1.165) is 43.1 Å². The summed E-state index contributed by atoms with van der Waals surface area (Å²) >= 11 is 0. The summed E-state index contributed by atoms with van der Waals surface area (Å²) in [6, 6.07) is 8.25. The van der Waals surface area contributed by atoms with Crippen LogP contribution in [0.2, 0.25) is 0 Å². The van der Waals surface area contributed by atoms with Crippen molar-refractivity contribution in [3.05, 3.63) is 42.2 Å². The molecule has 1 fully saturated rings. The van der Waals surface area contributed by atoms with Gasteiger partial charge in [0.15, 0.2) is 0 Å². The van der Waals surface area contributed by atoms with E-state index in [4.69, 9.17) is 0 Å². The Morgan fingerprint density at radius 2 is 1.89 bits per heavy atom. The smallest absolute Gasteiger partial charge is 0.232 e. The van der Waals surface area contributed by atoms with Crippen LogP contribution in [0, 0.1) is 11.8 Å². The van der Waals surface area contributed by atoms with Crippen molar-refractivity contribution in [3.63, 3.8) is 0 Å². The van der Waals surface area contributed by atoms with Gasteiger partial charge in [-0.15, -0.1) is 12.4 Å². The third kappa shape index (κ3) is 3.69. The van der Waals surface area contributed by atoms with Crippen molar-refractivity contribution in [2.24, 2.45) is 18.9 Å². The van der Waals surface area contributed by atoms with Gasteiger partial charge >= 0.3 is 0 Å². The second kappa shape index (κ2) is 7.90. The monoisotopic (exact) mass is 389 g/mol. The molecule has 2 aliphatic rings. The van der Waals surface area contributed by atoms with Crippen LogP contribution in [0.1, 0.15) is 18.4 Å². The molecule has 1 aromatic carbocycles. The number of nitrogens with zero attached hydrogens (tertiary/aromatic N) is 4. The van der Waals surface area contributed by atoms with Crippen LogP contribution in [-0.4, -0.2) is 48.9 Å². The molecule has 0 bridgehead atoms. The van der Waals surface area contributed by atoms with Gasteiger partial charge < -0.3 is 15.1 Å². The number of aromatic nitrogens is 2. The molecule has 27 heavy (non-hydrogen) atoms. The third-order valence-corrected chi connectivity index (χ3v) is 5.61. The van der Waals surface area contributed by atoms with Crippen LogP contribution >= 0.6 is 12.4 Å². The van der Waals surface area contributed by atoms with E-state index in [1.54, 1.807) is 0 Å². The minimum absolute atomic E-state index is 0. The lowest BCUT2D eigenvalue weighted by atomic mass is 9.89. The molecule has 1 amide bonds. The van der Waals surface area contributed by atoms with E-state index >= 15 is 0 Å². The highest BCUT2D eigenvalue weighted by atomic mass is 35.5. The number of benzene rings is 1. The zero-order valence-electron chi connectivity index (χ0n) is 16.1. The summed E-state index contributed by atoms with van der Waals surface area (Å²) in [4.78, 5) is 17.9. The summed E-state index contributed by atoms with van der Waals surface area (Å²) in [5.41, 5.74) is 3.30. The van der Waals surface area contributed by atoms with Gasteiger partial charge in [0.05, 0.1) is 23.5 Å². The fourth-order valence-electron chi connectivity index (χ4n) is 4.38. The van der Waals surface area contributed by atoms with E-state index in [0.29, 0.717) is 5.92 Å². The Hall–Kier alpha value is -2.05. The second-order valence-corrected chi connectivity index (χ2v) is 7.74. The molecule has 1 saturated heterocycles. The maximum absolute atomic E-state index is 13.6. The van der Waals surface area contributed by atoms with Crippen LogP contribution in [0.4, 0.5) is 11.4 Å². The van der Waals surface area contributed by atoms with Crippen molar-refractivity contribution in [3.8, 4) is 0 Å². The van der Waals surface area contributed by atoms with Gasteiger partial charge in [0.1, 0.15) is 0 Å². The number of hydrogen-bond acceptors (Lipinski definition) is 4. The molecular formula is C20H28ClN5O. The molecule has 2 aromatic rings. The fraction of sp³-hybridized carbons (Fsp3) is 0.500. The summed E-state index contributed by atoms with van der Waals surface area (Å²) < 4.78 is 1.81. The van der Waals surface area contributed by atoms with Crippen molar-refractivity contribution >= 4 is 29.7 Å². The molecule has 6 nitrogen and oxygen atoms in total. The number of aryl methyl sites for hydroxylation is 1.